The molecule has 0 spiro atoms. The highest BCUT2D eigenvalue weighted by atomic mass is 32.2. The molecule has 2 rings (SSSR count). The van der Waals surface area contributed by atoms with E-state index in [2.05, 4.69) is 21.9 Å². The lowest BCUT2D eigenvalue weighted by Crippen LogP contribution is -2.25. The van der Waals surface area contributed by atoms with Crippen LogP contribution in [-0.4, -0.2) is 37.8 Å². The number of rotatable bonds is 11. The summed E-state index contributed by atoms with van der Waals surface area (Å²) in [6.07, 6.45) is 1.46. The number of sulfonamides is 1. The lowest BCUT2D eigenvalue weighted by Gasteiger charge is -2.13. The van der Waals surface area contributed by atoms with Crippen molar-refractivity contribution in [1.82, 2.24) is 4.72 Å². The Bertz CT molecular complexity index is 1010. The average Bonchev–Trinajstić information content (AvgIpc) is 2.73. The first-order valence-electron chi connectivity index (χ1n) is 9.33. The highest BCUT2D eigenvalue weighted by Crippen LogP contribution is 2.17. The summed E-state index contributed by atoms with van der Waals surface area (Å²) in [6.45, 7) is 5.30. The van der Waals surface area contributed by atoms with Gasteiger partial charge in [-0.3, -0.25) is 9.59 Å². The van der Waals surface area contributed by atoms with Crippen LogP contribution in [0.25, 0.3) is 0 Å². The van der Waals surface area contributed by atoms with Crippen LogP contribution in [0.15, 0.2) is 61.2 Å². The van der Waals surface area contributed by atoms with E-state index in [1.165, 1.54) is 30.3 Å². The highest BCUT2D eigenvalue weighted by molar-refractivity contribution is 8.01. The molecule has 0 aromatic heterocycles. The predicted molar refractivity (Wildman–Crippen MR) is 123 cm³/mol. The molecule has 0 saturated heterocycles. The second-order valence-electron chi connectivity index (χ2n) is 6.59. The maximum absolute atomic E-state index is 12.9. The van der Waals surface area contributed by atoms with E-state index in [0.717, 1.165) is 11.8 Å². The van der Waals surface area contributed by atoms with Crippen LogP contribution in [0.1, 0.15) is 12.5 Å². The fourth-order valence-corrected chi connectivity index (χ4v) is 4.18. The molecule has 0 aliphatic heterocycles. The Morgan fingerprint density at radius 1 is 1.06 bits per heavy atom. The van der Waals surface area contributed by atoms with E-state index in [9.17, 15) is 22.4 Å². The van der Waals surface area contributed by atoms with Gasteiger partial charge >= 0.3 is 0 Å². The topological polar surface area (TPSA) is 104 Å². The van der Waals surface area contributed by atoms with Crippen LogP contribution in [0.4, 0.5) is 15.8 Å². The van der Waals surface area contributed by atoms with Gasteiger partial charge in [0.1, 0.15) is 5.82 Å². The van der Waals surface area contributed by atoms with Crippen molar-refractivity contribution in [3.63, 3.8) is 0 Å². The van der Waals surface area contributed by atoms with Crippen molar-refractivity contribution in [2.45, 2.75) is 17.9 Å². The monoisotopic (exact) mass is 465 g/mol. The molecule has 3 N–H and O–H groups in total. The molecular weight excluding hydrogens is 441 g/mol. The molecule has 7 nitrogen and oxygen atoms in total. The van der Waals surface area contributed by atoms with Crippen LogP contribution in [0.5, 0.6) is 0 Å². The van der Waals surface area contributed by atoms with Gasteiger partial charge in [-0.1, -0.05) is 18.2 Å². The molecule has 0 aliphatic carbocycles. The van der Waals surface area contributed by atoms with Crippen LogP contribution in [0.3, 0.4) is 0 Å². The van der Waals surface area contributed by atoms with Gasteiger partial charge in [0, 0.05) is 17.9 Å². The first kappa shape index (κ1) is 24.6. The lowest BCUT2D eigenvalue weighted by atomic mass is 10.2. The minimum atomic E-state index is -3.45. The molecule has 0 bridgehead atoms. The lowest BCUT2D eigenvalue weighted by molar-refractivity contribution is -0.115. The van der Waals surface area contributed by atoms with Crippen LogP contribution in [0, 0.1) is 5.82 Å². The predicted octanol–water partition coefficient (Wildman–Crippen LogP) is 3.13. The van der Waals surface area contributed by atoms with E-state index in [4.69, 9.17) is 0 Å². The second kappa shape index (κ2) is 11.6. The number of amides is 2. The summed E-state index contributed by atoms with van der Waals surface area (Å²) >= 11 is 1.16. The first-order valence-corrected chi connectivity index (χ1v) is 12.0. The Hall–Kier alpha value is -2.69. The van der Waals surface area contributed by atoms with E-state index in [1.54, 1.807) is 31.2 Å². The molecule has 0 saturated carbocycles. The van der Waals surface area contributed by atoms with E-state index in [-0.39, 0.29) is 29.9 Å². The highest BCUT2D eigenvalue weighted by Gasteiger charge is 2.16. The van der Waals surface area contributed by atoms with Crippen LogP contribution < -0.4 is 15.4 Å². The van der Waals surface area contributed by atoms with Crippen molar-refractivity contribution in [3.05, 3.63) is 72.6 Å². The van der Waals surface area contributed by atoms with Gasteiger partial charge in [-0.25, -0.2) is 17.5 Å². The average molecular weight is 466 g/mol. The van der Waals surface area contributed by atoms with Crippen LogP contribution in [-0.2, 0) is 25.4 Å². The second-order valence-corrected chi connectivity index (χ2v) is 9.73. The quantitative estimate of drug-likeness (QED) is 0.442. The summed E-state index contributed by atoms with van der Waals surface area (Å²) in [7, 11) is -3.45. The van der Waals surface area contributed by atoms with Crippen molar-refractivity contribution in [3.8, 4) is 0 Å². The SMILES string of the molecule is C=CCNS(=O)(=O)Cc1ccc(NC(=O)C(C)SCC(=O)Nc2ccc(F)cc2)cc1. The van der Waals surface area contributed by atoms with Crippen molar-refractivity contribution >= 4 is 45.0 Å². The molecule has 1 atom stereocenters. The fourth-order valence-electron chi connectivity index (χ4n) is 2.39. The smallest absolute Gasteiger partial charge is 0.237 e. The number of thioether (sulfide) groups is 1. The molecule has 2 aromatic carbocycles. The number of anilines is 2. The Balaban J connectivity index is 1.80. The Labute approximate surface area is 185 Å². The maximum atomic E-state index is 12.9. The summed E-state index contributed by atoms with van der Waals surface area (Å²) in [6, 6.07) is 11.9. The molecular formula is C21H24FN3O4S2. The van der Waals surface area contributed by atoms with E-state index >= 15 is 0 Å². The zero-order chi connectivity index (χ0) is 22.9. The number of hydrogen-bond acceptors (Lipinski definition) is 5. The minimum absolute atomic E-state index is 0.0560. The van der Waals surface area contributed by atoms with Gasteiger partial charge in [-0.15, -0.1) is 18.3 Å². The van der Waals surface area contributed by atoms with Crippen molar-refractivity contribution in [2.24, 2.45) is 0 Å². The Kier molecular flexibility index (Phi) is 9.22. The molecule has 31 heavy (non-hydrogen) atoms. The van der Waals surface area contributed by atoms with Crippen molar-refractivity contribution < 1.29 is 22.4 Å². The third-order valence-electron chi connectivity index (χ3n) is 3.99. The molecule has 1 unspecified atom stereocenters. The molecule has 0 fully saturated rings. The fraction of sp³-hybridized carbons (Fsp3) is 0.238. The van der Waals surface area contributed by atoms with Crippen LogP contribution >= 0.6 is 11.8 Å². The number of carbonyl (C=O) groups excluding carboxylic acids is 2. The summed E-state index contributed by atoms with van der Waals surface area (Å²) < 4.78 is 39.1. The number of halogens is 1. The van der Waals surface area contributed by atoms with Gasteiger partial charge in [0.2, 0.25) is 21.8 Å². The number of nitrogens with one attached hydrogen (secondary N) is 3. The van der Waals surface area contributed by atoms with E-state index in [0.29, 0.717) is 16.9 Å². The maximum Gasteiger partial charge on any atom is 0.237 e. The first-order chi connectivity index (χ1) is 14.7. The number of carbonyl (C=O) groups is 2. The standard InChI is InChI=1S/C21H24FN3O4S2/c1-3-12-23-31(28,29)14-16-4-8-19(9-5-16)25-21(27)15(2)30-13-20(26)24-18-10-6-17(22)7-11-18/h3-11,15,23H,1,12-14H2,2H3,(H,24,26)(H,25,27). The summed E-state index contributed by atoms with van der Waals surface area (Å²) in [5.41, 5.74) is 1.58. The molecule has 2 amide bonds. The zero-order valence-electron chi connectivity index (χ0n) is 16.9. The summed E-state index contributed by atoms with van der Waals surface area (Å²) in [4.78, 5) is 24.3. The molecule has 0 aliphatic rings. The van der Waals surface area contributed by atoms with Gasteiger partial charge in [0.25, 0.3) is 0 Å². The minimum Gasteiger partial charge on any atom is -0.325 e. The largest absolute Gasteiger partial charge is 0.325 e. The third kappa shape index (κ3) is 8.91. The van der Waals surface area contributed by atoms with Gasteiger partial charge in [0.15, 0.2) is 0 Å². The van der Waals surface area contributed by atoms with Gasteiger partial charge in [-0.2, -0.15) is 0 Å². The molecule has 0 radical (unpaired) electrons. The van der Waals surface area contributed by atoms with Crippen molar-refractivity contribution in [2.75, 3.05) is 22.9 Å². The Morgan fingerprint density at radius 2 is 1.65 bits per heavy atom. The summed E-state index contributed by atoms with van der Waals surface area (Å²) in [5, 5.41) is 4.87. The van der Waals surface area contributed by atoms with E-state index < -0.39 is 21.1 Å². The van der Waals surface area contributed by atoms with Gasteiger partial charge < -0.3 is 10.6 Å². The third-order valence-corrected chi connectivity index (χ3v) is 6.45. The Morgan fingerprint density at radius 3 is 2.26 bits per heavy atom. The molecule has 0 heterocycles. The van der Waals surface area contributed by atoms with Gasteiger partial charge in [0.05, 0.1) is 16.8 Å². The number of hydrogen-bond donors (Lipinski definition) is 3. The van der Waals surface area contributed by atoms with Crippen molar-refractivity contribution in [1.29, 1.82) is 0 Å². The molecule has 166 valence electrons. The number of benzene rings is 2. The molecule has 10 heteroatoms. The normalized spacial score (nSPS) is 12.1. The van der Waals surface area contributed by atoms with Crippen LogP contribution in [0.2, 0.25) is 0 Å². The molecule has 2 aromatic rings. The zero-order valence-corrected chi connectivity index (χ0v) is 18.6. The van der Waals surface area contributed by atoms with E-state index in [1.807, 2.05) is 0 Å². The summed E-state index contributed by atoms with van der Waals surface area (Å²) in [5.74, 6) is -1.10. The van der Waals surface area contributed by atoms with Gasteiger partial charge in [-0.05, 0) is 48.9 Å².